The van der Waals surface area contributed by atoms with Crippen LogP contribution in [0.3, 0.4) is 0 Å². The summed E-state index contributed by atoms with van der Waals surface area (Å²) in [6.07, 6.45) is 0.617. The van der Waals surface area contributed by atoms with E-state index in [1.807, 2.05) is 12.1 Å². The van der Waals surface area contributed by atoms with Gasteiger partial charge in [0.25, 0.3) is 5.69 Å². The van der Waals surface area contributed by atoms with Crippen molar-refractivity contribution in [3.63, 3.8) is 0 Å². The van der Waals surface area contributed by atoms with Gasteiger partial charge >= 0.3 is 0 Å². The van der Waals surface area contributed by atoms with Crippen LogP contribution in [-0.2, 0) is 4.79 Å². The second kappa shape index (κ2) is 9.26. The Morgan fingerprint density at radius 3 is 2.50 bits per heavy atom. The number of nitrogens with one attached hydrogen (secondary N) is 1. The summed E-state index contributed by atoms with van der Waals surface area (Å²) in [4.78, 5) is 22.6. The number of nitrogens with zero attached hydrogens (tertiary/aromatic N) is 1. The van der Waals surface area contributed by atoms with E-state index in [1.165, 1.54) is 19.2 Å². The van der Waals surface area contributed by atoms with E-state index in [-0.39, 0.29) is 23.7 Å². The summed E-state index contributed by atoms with van der Waals surface area (Å²) in [5.41, 5.74) is -0.0885. The summed E-state index contributed by atoms with van der Waals surface area (Å²) in [5, 5.41) is 13.7. The average molecular weight is 360 g/mol. The molecular weight excluding hydrogens is 340 g/mol. The molecule has 0 aliphatic carbocycles. The minimum absolute atomic E-state index is 0.131. The number of para-hydroxylation sites is 2. The molecule has 0 spiro atoms. The number of nitro groups is 1. The molecule has 0 fully saturated rings. The predicted octanol–water partition coefficient (Wildman–Crippen LogP) is 3.41. The highest BCUT2D eigenvalue weighted by atomic mass is 16.6. The van der Waals surface area contributed by atoms with E-state index in [4.69, 9.17) is 14.2 Å². The van der Waals surface area contributed by atoms with Crippen LogP contribution in [0.15, 0.2) is 42.5 Å². The van der Waals surface area contributed by atoms with Gasteiger partial charge in [-0.25, -0.2) is 0 Å². The van der Waals surface area contributed by atoms with Gasteiger partial charge in [-0.2, -0.15) is 0 Å². The number of carbonyl (C=O) groups is 1. The summed E-state index contributed by atoms with van der Waals surface area (Å²) in [6, 6.07) is 11.5. The van der Waals surface area contributed by atoms with Gasteiger partial charge in [0, 0.05) is 6.42 Å². The summed E-state index contributed by atoms with van der Waals surface area (Å²) in [7, 11) is 2.97. The number of carbonyl (C=O) groups excluding carboxylic acids is 1. The molecule has 138 valence electrons. The van der Waals surface area contributed by atoms with Crippen LogP contribution in [-0.4, -0.2) is 31.7 Å². The Labute approximate surface area is 150 Å². The van der Waals surface area contributed by atoms with Crippen molar-refractivity contribution in [2.75, 3.05) is 26.1 Å². The van der Waals surface area contributed by atoms with Crippen molar-refractivity contribution in [3.8, 4) is 17.2 Å². The molecule has 1 amide bonds. The Kier molecular flexibility index (Phi) is 6.78. The first-order valence-corrected chi connectivity index (χ1v) is 7.93. The standard InChI is InChI=1S/C18H20N2O6/c1-24-13-9-10-14(15(12-13)20(22)23)19-18(21)8-5-11-26-17-7-4-3-6-16(17)25-2/h3-4,6-7,9-10,12H,5,8,11H2,1-2H3,(H,19,21). The first-order valence-electron chi connectivity index (χ1n) is 7.93. The van der Waals surface area contributed by atoms with Gasteiger partial charge in [0.1, 0.15) is 11.4 Å². The number of hydrogen-bond acceptors (Lipinski definition) is 6. The van der Waals surface area contributed by atoms with Gasteiger partial charge in [-0.15, -0.1) is 0 Å². The fourth-order valence-corrected chi connectivity index (χ4v) is 2.26. The molecule has 0 bridgehead atoms. The lowest BCUT2D eigenvalue weighted by molar-refractivity contribution is -0.384. The maximum absolute atomic E-state index is 12.0. The first kappa shape index (κ1) is 19.0. The van der Waals surface area contributed by atoms with Gasteiger partial charge in [0.15, 0.2) is 11.5 Å². The van der Waals surface area contributed by atoms with Gasteiger partial charge in [-0.05, 0) is 30.7 Å². The van der Waals surface area contributed by atoms with Gasteiger partial charge in [-0.1, -0.05) is 12.1 Å². The zero-order valence-corrected chi connectivity index (χ0v) is 14.6. The first-order chi connectivity index (χ1) is 12.5. The van der Waals surface area contributed by atoms with Gasteiger partial charge in [0.05, 0.1) is 31.8 Å². The van der Waals surface area contributed by atoms with Crippen molar-refractivity contribution in [3.05, 3.63) is 52.6 Å². The highest BCUT2D eigenvalue weighted by Gasteiger charge is 2.17. The van der Waals surface area contributed by atoms with Crippen molar-refractivity contribution in [2.24, 2.45) is 0 Å². The van der Waals surface area contributed by atoms with E-state index in [0.717, 1.165) is 0 Å². The monoisotopic (exact) mass is 360 g/mol. The second-order valence-corrected chi connectivity index (χ2v) is 5.29. The molecule has 0 saturated heterocycles. The van der Waals surface area contributed by atoms with E-state index in [0.29, 0.717) is 30.3 Å². The maximum atomic E-state index is 12.0. The normalized spacial score (nSPS) is 10.1. The molecule has 0 atom stereocenters. The third kappa shape index (κ3) is 5.10. The van der Waals surface area contributed by atoms with Crippen LogP contribution in [0.1, 0.15) is 12.8 Å². The Balaban J connectivity index is 1.86. The average Bonchev–Trinajstić information content (AvgIpc) is 2.65. The Morgan fingerprint density at radius 1 is 1.12 bits per heavy atom. The zero-order chi connectivity index (χ0) is 18.9. The van der Waals surface area contributed by atoms with Gasteiger partial charge in [0.2, 0.25) is 5.91 Å². The van der Waals surface area contributed by atoms with E-state index < -0.39 is 4.92 Å². The van der Waals surface area contributed by atoms with Crippen LogP contribution in [0.25, 0.3) is 0 Å². The highest BCUT2D eigenvalue weighted by molar-refractivity contribution is 5.93. The number of amides is 1. The SMILES string of the molecule is COc1ccc(NC(=O)CCCOc2ccccc2OC)c([N+](=O)[O-])c1. The summed E-state index contributed by atoms with van der Waals surface area (Å²) in [6.45, 7) is 0.318. The predicted molar refractivity (Wildman–Crippen MR) is 96.0 cm³/mol. The molecule has 0 radical (unpaired) electrons. The number of hydrogen-bond donors (Lipinski definition) is 1. The van der Waals surface area contributed by atoms with Crippen LogP contribution < -0.4 is 19.5 Å². The van der Waals surface area contributed by atoms with E-state index in [1.54, 1.807) is 25.3 Å². The summed E-state index contributed by atoms with van der Waals surface area (Å²) in [5.74, 6) is 1.23. The number of anilines is 1. The molecule has 1 N–H and O–H groups in total. The molecule has 26 heavy (non-hydrogen) atoms. The molecular formula is C18H20N2O6. The maximum Gasteiger partial charge on any atom is 0.296 e. The van der Waals surface area contributed by atoms with Gasteiger partial charge < -0.3 is 19.5 Å². The lowest BCUT2D eigenvalue weighted by atomic mass is 10.2. The number of nitro benzene ring substituents is 1. The lowest BCUT2D eigenvalue weighted by Gasteiger charge is -2.10. The number of benzene rings is 2. The van der Waals surface area contributed by atoms with Crippen LogP contribution in [0.4, 0.5) is 11.4 Å². The third-order valence-corrected chi connectivity index (χ3v) is 3.55. The highest BCUT2D eigenvalue weighted by Crippen LogP contribution is 2.29. The Bertz CT molecular complexity index is 778. The van der Waals surface area contributed by atoms with Crippen molar-refractivity contribution in [1.29, 1.82) is 0 Å². The molecule has 0 unspecified atom stereocenters. The van der Waals surface area contributed by atoms with E-state index >= 15 is 0 Å². The molecule has 2 aromatic carbocycles. The summed E-state index contributed by atoms with van der Waals surface area (Å²) < 4.78 is 15.7. The number of methoxy groups -OCH3 is 2. The minimum Gasteiger partial charge on any atom is -0.496 e. The molecule has 8 heteroatoms. The number of ether oxygens (including phenoxy) is 3. The molecule has 0 saturated carbocycles. The zero-order valence-electron chi connectivity index (χ0n) is 14.6. The minimum atomic E-state index is -0.567. The second-order valence-electron chi connectivity index (χ2n) is 5.29. The molecule has 2 rings (SSSR count). The molecule has 0 aliphatic rings. The molecule has 0 aromatic heterocycles. The van der Waals surface area contributed by atoms with Crippen LogP contribution in [0.5, 0.6) is 17.2 Å². The van der Waals surface area contributed by atoms with Crippen molar-refractivity contribution >= 4 is 17.3 Å². The molecule has 0 aliphatic heterocycles. The van der Waals surface area contributed by atoms with Crippen molar-refractivity contribution in [2.45, 2.75) is 12.8 Å². The van der Waals surface area contributed by atoms with Crippen molar-refractivity contribution in [1.82, 2.24) is 0 Å². The third-order valence-electron chi connectivity index (χ3n) is 3.55. The molecule has 2 aromatic rings. The van der Waals surface area contributed by atoms with Crippen molar-refractivity contribution < 1.29 is 23.9 Å². The largest absolute Gasteiger partial charge is 0.496 e. The van der Waals surface area contributed by atoms with Gasteiger partial charge in [-0.3, -0.25) is 14.9 Å². The summed E-state index contributed by atoms with van der Waals surface area (Å²) >= 11 is 0. The Hall–Kier alpha value is -3.29. The smallest absolute Gasteiger partial charge is 0.296 e. The topological polar surface area (TPSA) is 99.9 Å². The molecule has 8 nitrogen and oxygen atoms in total. The molecule has 0 heterocycles. The van der Waals surface area contributed by atoms with Crippen LogP contribution in [0.2, 0.25) is 0 Å². The fourth-order valence-electron chi connectivity index (χ4n) is 2.26. The van der Waals surface area contributed by atoms with Crippen LogP contribution >= 0.6 is 0 Å². The van der Waals surface area contributed by atoms with E-state index in [9.17, 15) is 14.9 Å². The quantitative estimate of drug-likeness (QED) is 0.418. The Morgan fingerprint density at radius 2 is 1.85 bits per heavy atom. The van der Waals surface area contributed by atoms with E-state index in [2.05, 4.69) is 5.32 Å². The number of rotatable bonds is 9. The fraction of sp³-hybridized carbons (Fsp3) is 0.278. The lowest BCUT2D eigenvalue weighted by Crippen LogP contribution is -2.14. The van der Waals surface area contributed by atoms with Crippen LogP contribution in [0, 0.1) is 10.1 Å².